The first kappa shape index (κ1) is 30.9. The third-order valence-corrected chi connectivity index (χ3v) is 10.6. The van der Waals surface area contributed by atoms with Crippen LogP contribution in [-0.2, 0) is 24.4 Å². The van der Waals surface area contributed by atoms with Crippen LogP contribution in [0, 0.1) is 11.3 Å². The first-order chi connectivity index (χ1) is 17.8. The van der Waals surface area contributed by atoms with Crippen molar-refractivity contribution < 1.29 is 27.6 Å². The van der Waals surface area contributed by atoms with Crippen LogP contribution in [0.4, 0.5) is 4.79 Å². The summed E-state index contributed by atoms with van der Waals surface area (Å²) in [5.41, 5.74) is -2.54. The zero-order valence-electron chi connectivity index (χ0n) is 24.3. The zero-order chi connectivity index (χ0) is 29.6. The Kier molecular flexibility index (Phi) is 8.25. The summed E-state index contributed by atoms with van der Waals surface area (Å²) in [7, 11) is -3.89. The molecule has 5 amide bonds. The van der Waals surface area contributed by atoms with Gasteiger partial charge in [-0.25, -0.2) is 13.2 Å². The van der Waals surface area contributed by atoms with Crippen molar-refractivity contribution in [3.63, 3.8) is 0 Å². The molecule has 0 unspecified atom stereocenters. The Balaban J connectivity index is 1.75. The molecule has 0 aromatic carbocycles. The highest BCUT2D eigenvalue weighted by molar-refractivity contribution is 7.91. The Morgan fingerprint density at radius 3 is 2.23 bits per heavy atom. The van der Waals surface area contributed by atoms with Gasteiger partial charge in [-0.3, -0.25) is 19.1 Å². The average Bonchev–Trinajstić information content (AvgIpc) is 3.69. The number of hydrogen-bond acceptors (Lipinski definition) is 6. The van der Waals surface area contributed by atoms with E-state index in [-0.39, 0.29) is 12.3 Å². The Morgan fingerprint density at radius 2 is 1.74 bits per heavy atom. The topological polar surface area (TPSA) is 154 Å². The lowest BCUT2D eigenvalue weighted by molar-refractivity contribution is -0.142. The molecule has 1 aliphatic heterocycles. The average molecular weight is 568 g/mol. The Labute approximate surface area is 232 Å². The van der Waals surface area contributed by atoms with E-state index in [1.165, 1.54) is 11.0 Å². The van der Waals surface area contributed by atoms with Crippen molar-refractivity contribution in [3.05, 3.63) is 12.7 Å². The largest absolute Gasteiger partial charge is 0.339 e. The molecule has 4 atom stereocenters. The lowest BCUT2D eigenvalue weighted by Crippen LogP contribution is -2.62. The molecular formula is C27H45N5O6S. The molecule has 0 aromatic heterocycles. The van der Waals surface area contributed by atoms with Gasteiger partial charge in [0.05, 0.1) is 4.75 Å². The Hall–Kier alpha value is -2.63. The van der Waals surface area contributed by atoms with E-state index in [1.807, 2.05) is 41.5 Å². The van der Waals surface area contributed by atoms with Crippen molar-refractivity contribution in [3.8, 4) is 0 Å². The number of sulfonamides is 1. The van der Waals surface area contributed by atoms with Crippen LogP contribution in [0.2, 0.25) is 0 Å². The van der Waals surface area contributed by atoms with Crippen LogP contribution >= 0.6 is 0 Å². The fourth-order valence-electron chi connectivity index (χ4n) is 4.80. The van der Waals surface area contributed by atoms with Gasteiger partial charge in [-0.1, -0.05) is 33.8 Å². The van der Waals surface area contributed by atoms with Gasteiger partial charge in [0, 0.05) is 18.0 Å². The van der Waals surface area contributed by atoms with Gasteiger partial charge in [-0.15, -0.1) is 6.58 Å². The fourth-order valence-corrected chi connectivity index (χ4v) is 6.11. The van der Waals surface area contributed by atoms with Gasteiger partial charge >= 0.3 is 6.03 Å². The Bertz CT molecular complexity index is 1140. The quantitative estimate of drug-likeness (QED) is 0.296. The molecule has 3 rings (SSSR count). The first-order valence-corrected chi connectivity index (χ1v) is 15.2. The van der Waals surface area contributed by atoms with Crippen molar-refractivity contribution in [1.29, 1.82) is 0 Å². The molecule has 0 radical (unpaired) electrons. The maximum absolute atomic E-state index is 13.7. The van der Waals surface area contributed by atoms with Crippen LogP contribution < -0.4 is 20.7 Å². The number of nitrogens with one attached hydrogen (secondary N) is 4. The van der Waals surface area contributed by atoms with Gasteiger partial charge in [0.2, 0.25) is 21.8 Å². The number of nitrogens with zero attached hydrogens (tertiary/aromatic N) is 1. The summed E-state index contributed by atoms with van der Waals surface area (Å²) in [6.45, 7) is 16.9. The molecule has 220 valence electrons. The smallest absolute Gasteiger partial charge is 0.315 e. The van der Waals surface area contributed by atoms with Gasteiger partial charge in [0.15, 0.2) is 0 Å². The van der Waals surface area contributed by atoms with E-state index in [0.29, 0.717) is 38.6 Å². The number of likely N-dealkylation sites (tertiary alicyclic amines) is 1. The number of urea groups is 1. The van der Waals surface area contributed by atoms with E-state index in [1.54, 1.807) is 6.92 Å². The molecule has 2 aliphatic carbocycles. The molecule has 0 bridgehead atoms. The highest BCUT2D eigenvalue weighted by Gasteiger charge is 2.62. The number of carbonyl (C=O) groups is 4. The molecule has 3 aliphatic rings. The zero-order valence-corrected chi connectivity index (χ0v) is 25.1. The minimum absolute atomic E-state index is 0.223. The molecule has 4 N–H and O–H groups in total. The number of rotatable bonds is 10. The van der Waals surface area contributed by atoms with Crippen LogP contribution in [-0.4, -0.2) is 71.5 Å². The second-order valence-electron chi connectivity index (χ2n) is 13.2. The second-order valence-corrected chi connectivity index (χ2v) is 15.4. The van der Waals surface area contributed by atoms with Crippen LogP contribution in [0.3, 0.4) is 0 Å². The summed E-state index contributed by atoms with van der Waals surface area (Å²) in [4.78, 5) is 54.6. The minimum atomic E-state index is -3.89. The maximum Gasteiger partial charge on any atom is 0.315 e. The van der Waals surface area contributed by atoms with Gasteiger partial charge in [0.1, 0.15) is 17.6 Å². The van der Waals surface area contributed by atoms with Gasteiger partial charge < -0.3 is 20.9 Å². The van der Waals surface area contributed by atoms with Gasteiger partial charge in [0.25, 0.3) is 5.91 Å². The van der Waals surface area contributed by atoms with Crippen LogP contribution in [0.15, 0.2) is 12.7 Å². The van der Waals surface area contributed by atoms with E-state index < -0.39 is 67.1 Å². The van der Waals surface area contributed by atoms with Crippen molar-refractivity contribution in [1.82, 2.24) is 25.6 Å². The van der Waals surface area contributed by atoms with Gasteiger partial charge in [-0.05, 0) is 64.7 Å². The molecule has 3 fully saturated rings. The van der Waals surface area contributed by atoms with Crippen LogP contribution in [0.25, 0.3) is 0 Å². The fraction of sp³-hybridized carbons (Fsp3) is 0.778. The summed E-state index contributed by atoms with van der Waals surface area (Å²) >= 11 is 0. The van der Waals surface area contributed by atoms with E-state index in [9.17, 15) is 27.6 Å². The lowest BCUT2D eigenvalue weighted by Gasteiger charge is -2.36. The predicted molar refractivity (Wildman–Crippen MR) is 148 cm³/mol. The summed E-state index contributed by atoms with van der Waals surface area (Å²) in [6, 6.07) is -2.22. The monoisotopic (exact) mass is 567 g/mol. The number of carbonyl (C=O) groups excluding carboxylic acids is 4. The summed E-state index contributed by atoms with van der Waals surface area (Å²) in [5, 5.41) is 8.46. The normalized spacial score (nSPS) is 26.7. The predicted octanol–water partition coefficient (Wildman–Crippen LogP) is 1.94. The third-order valence-electron chi connectivity index (χ3n) is 8.44. The molecule has 1 saturated heterocycles. The molecule has 39 heavy (non-hydrogen) atoms. The molecule has 2 saturated carbocycles. The number of hydrogen-bond donors (Lipinski definition) is 4. The standard InChI is InChI=1S/C27H45N5O6S/c1-9-17-16-27(17,22(35)31-39(37,38)26(8)13-14-26)29-20(33)18-12-11-15-32(18)21(34)19(24(3,4)5)28-23(36)30-25(6,7)10-2/h9,17-19H,1,10-16H2,2-8H3,(H,29,33)(H,31,35)(H2,28,30,36)/t17-,18+,19-,27-/m1/s1. The van der Waals surface area contributed by atoms with Crippen LogP contribution in [0.1, 0.15) is 87.0 Å². The van der Waals surface area contributed by atoms with Crippen LogP contribution in [0.5, 0.6) is 0 Å². The second kappa shape index (κ2) is 10.4. The third kappa shape index (κ3) is 6.41. The molecule has 12 heteroatoms. The van der Waals surface area contributed by atoms with E-state index in [2.05, 4.69) is 27.3 Å². The molecule has 0 aromatic rings. The minimum Gasteiger partial charge on any atom is -0.339 e. The Morgan fingerprint density at radius 1 is 1.13 bits per heavy atom. The van der Waals surface area contributed by atoms with E-state index in [0.717, 1.165) is 0 Å². The molecule has 11 nitrogen and oxygen atoms in total. The van der Waals surface area contributed by atoms with Crippen molar-refractivity contribution in [2.24, 2.45) is 11.3 Å². The highest BCUT2D eigenvalue weighted by Crippen LogP contribution is 2.47. The molecular weight excluding hydrogens is 522 g/mol. The summed E-state index contributed by atoms with van der Waals surface area (Å²) in [6.07, 6.45) is 4.35. The van der Waals surface area contributed by atoms with Crippen molar-refractivity contribution in [2.45, 2.75) is 115 Å². The molecule has 0 spiro atoms. The van der Waals surface area contributed by atoms with E-state index >= 15 is 0 Å². The lowest BCUT2D eigenvalue weighted by atomic mass is 9.85. The molecule has 1 heterocycles. The summed E-state index contributed by atoms with van der Waals surface area (Å²) in [5.74, 6) is -2.12. The highest BCUT2D eigenvalue weighted by atomic mass is 32.2. The first-order valence-electron chi connectivity index (χ1n) is 13.7. The van der Waals surface area contributed by atoms with Crippen molar-refractivity contribution in [2.75, 3.05) is 6.54 Å². The van der Waals surface area contributed by atoms with E-state index in [4.69, 9.17) is 0 Å². The SMILES string of the molecule is C=C[C@@H]1C[C@]1(NC(=O)[C@@H]1CCCN1C(=O)[C@@H](NC(=O)NC(C)(C)CC)C(C)(C)C)C(=O)NS(=O)(=O)C1(C)CC1. The summed E-state index contributed by atoms with van der Waals surface area (Å²) < 4.78 is 26.6. The maximum atomic E-state index is 13.7. The van der Waals surface area contributed by atoms with Gasteiger partial charge in [-0.2, -0.15) is 0 Å². The van der Waals surface area contributed by atoms with Crippen molar-refractivity contribution >= 4 is 33.8 Å². The number of amides is 5.